The monoisotopic (exact) mass is 232 g/mol. The Hall–Kier alpha value is -2.10. The second-order valence-corrected chi connectivity index (χ2v) is 3.89. The van der Waals surface area contributed by atoms with Gasteiger partial charge in [-0.3, -0.25) is 9.59 Å². The number of rotatable bonds is 5. The van der Waals surface area contributed by atoms with Crippen molar-refractivity contribution in [1.29, 1.82) is 0 Å². The normalized spacial score (nSPS) is 11.6. The van der Waals surface area contributed by atoms with Crippen molar-refractivity contribution < 1.29 is 9.59 Å². The number of carbonyl (C=O) groups is 2. The molecule has 90 valence electrons. The highest BCUT2D eigenvalue weighted by Gasteiger charge is 2.08. The van der Waals surface area contributed by atoms with E-state index in [1.54, 1.807) is 12.1 Å². The van der Waals surface area contributed by atoms with Crippen LogP contribution in [0, 0.1) is 0 Å². The lowest BCUT2D eigenvalue weighted by Gasteiger charge is -2.10. The number of nitrogens with two attached hydrogens (primary N) is 1. The van der Waals surface area contributed by atoms with Crippen molar-refractivity contribution >= 4 is 17.5 Å². The average molecular weight is 232 g/mol. The van der Waals surface area contributed by atoms with E-state index in [1.807, 2.05) is 19.1 Å². The Bertz CT molecular complexity index is 424. The van der Waals surface area contributed by atoms with Crippen LogP contribution in [0.3, 0.4) is 0 Å². The maximum absolute atomic E-state index is 11.1. The molecule has 4 nitrogen and oxygen atoms in total. The predicted molar refractivity (Wildman–Crippen MR) is 67.5 cm³/mol. The van der Waals surface area contributed by atoms with Crippen LogP contribution < -0.4 is 11.1 Å². The lowest BCUT2D eigenvalue weighted by Crippen LogP contribution is -2.13. The van der Waals surface area contributed by atoms with Gasteiger partial charge in [-0.2, -0.15) is 0 Å². The number of nitrogens with one attached hydrogen (secondary N) is 1. The lowest BCUT2D eigenvalue weighted by atomic mass is 9.97. The summed E-state index contributed by atoms with van der Waals surface area (Å²) < 4.78 is 0. The summed E-state index contributed by atoms with van der Waals surface area (Å²) in [6.45, 7) is 5.30. The van der Waals surface area contributed by atoms with Crippen molar-refractivity contribution in [2.24, 2.45) is 5.73 Å². The van der Waals surface area contributed by atoms with Crippen LogP contribution in [0.2, 0.25) is 0 Å². The Morgan fingerprint density at radius 2 is 2.00 bits per heavy atom. The van der Waals surface area contributed by atoms with Gasteiger partial charge in [0.2, 0.25) is 11.8 Å². The topological polar surface area (TPSA) is 72.2 Å². The van der Waals surface area contributed by atoms with Crippen molar-refractivity contribution in [2.75, 3.05) is 5.32 Å². The Labute approximate surface area is 101 Å². The van der Waals surface area contributed by atoms with Crippen LogP contribution >= 0.6 is 0 Å². The van der Waals surface area contributed by atoms with Crippen LogP contribution in [0.15, 0.2) is 36.9 Å². The number of benzene rings is 1. The molecular weight excluding hydrogens is 216 g/mol. The van der Waals surface area contributed by atoms with Crippen molar-refractivity contribution in [3.05, 3.63) is 42.5 Å². The Morgan fingerprint density at radius 3 is 2.47 bits per heavy atom. The second-order valence-electron chi connectivity index (χ2n) is 3.89. The third-order valence-electron chi connectivity index (χ3n) is 2.44. The van der Waals surface area contributed by atoms with Gasteiger partial charge in [-0.05, 0) is 29.7 Å². The quantitative estimate of drug-likeness (QED) is 0.760. The minimum absolute atomic E-state index is 0.0802. The molecule has 2 amide bonds. The van der Waals surface area contributed by atoms with Gasteiger partial charge in [-0.15, -0.1) is 0 Å². The van der Waals surface area contributed by atoms with Gasteiger partial charge in [0.15, 0.2) is 0 Å². The molecule has 0 saturated heterocycles. The third-order valence-corrected chi connectivity index (χ3v) is 2.44. The average Bonchev–Trinajstić information content (AvgIpc) is 2.28. The van der Waals surface area contributed by atoms with E-state index in [-0.39, 0.29) is 17.7 Å². The summed E-state index contributed by atoms with van der Waals surface area (Å²) >= 11 is 0. The zero-order valence-corrected chi connectivity index (χ0v) is 9.77. The van der Waals surface area contributed by atoms with E-state index < -0.39 is 0 Å². The summed E-state index contributed by atoms with van der Waals surface area (Å²) in [5, 5.41) is 2.65. The van der Waals surface area contributed by atoms with Crippen LogP contribution in [0.4, 0.5) is 5.69 Å². The first-order valence-corrected chi connectivity index (χ1v) is 5.34. The predicted octanol–water partition coefficient (Wildman–Crippen LogP) is 1.79. The molecule has 1 aromatic rings. The molecule has 0 spiro atoms. The summed E-state index contributed by atoms with van der Waals surface area (Å²) in [6.07, 6.45) is 1.53. The summed E-state index contributed by atoms with van der Waals surface area (Å²) in [4.78, 5) is 21.8. The van der Waals surface area contributed by atoms with Crippen molar-refractivity contribution in [2.45, 2.75) is 19.3 Å². The number of anilines is 1. The van der Waals surface area contributed by atoms with Gasteiger partial charge in [0, 0.05) is 12.1 Å². The molecule has 1 aromatic carbocycles. The fraction of sp³-hybridized carbons (Fsp3) is 0.231. The first kappa shape index (κ1) is 13.0. The van der Waals surface area contributed by atoms with Crippen LogP contribution in [0.1, 0.15) is 24.8 Å². The fourth-order valence-electron chi connectivity index (χ4n) is 1.51. The molecule has 0 aliphatic heterocycles. The van der Waals surface area contributed by atoms with E-state index in [1.165, 1.54) is 6.08 Å². The maximum Gasteiger partial charge on any atom is 0.247 e. The lowest BCUT2D eigenvalue weighted by molar-refractivity contribution is -0.118. The largest absolute Gasteiger partial charge is 0.370 e. The van der Waals surface area contributed by atoms with E-state index in [2.05, 4.69) is 11.9 Å². The van der Waals surface area contributed by atoms with E-state index in [0.717, 1.165) is 5.56 Å². The smallest absolute Gasteiger partial charge is 0.247 e. The zero-order chi connectivity index (χ0) is 12.8. The number of primary amides is 1. The van der Waals surface area contributed by atoms with Gasteiger partial charge in [-0.1, -0.05) is 25.6 Å². The molecule has 1 unspecified atom stereocenters. The molecule has 0 bridgehead atoms. The van der Waals surface area contributed by atoms with E-state index in [4.69, 9.17) is 5.73 Å². The van der Waals surface area contributed by atoms with Gasteiger partial charge < -0.3 is 11.1 Å². The highest BCUT2D eigenvalue weighted by atomic mass is 16.1. The zero-order valence-electron chi connectivity index (χ0n) is 9.77. The maximum atomic E-state index is 11.1. The van der Waals surface area contributed by atoms with Gasteiger partial charge in [0.25, 0.3) is 0 Å². The molecule has 0 aliphatic rings. The van der Waals surface area contributed by atoms with Gasteiger partial charge in [0.05, 0.1) is 0 Å². The van der Waals surface area contributed by atoms with Crippen LogP contribution in [-0.2, 0) is 9.59 Å². The minimum atomic E-state index is -0.318. The summed E-state index contributed by atoms with van der Waals surface area (Å²) in [7, 11) is 0. The van der Waals surface area contributed by atoms with Crippen LogP contribution in [0.25, 0.3) is 0 Å². The van der Waals surface area contributed by atoms with Gasteiger partial charge >= 0.3 is 0 Å². The fourth-order valence-corrected chi connectivity index (χ4v) is 1.51. The van der Waals surface area contributed by atoms with Gasteiger partial charge in [0.1, 0.15) is 0 Å². The third kappa shape index (κ3) is 4.10. The van der Waals surface area contributed by atoms with E-state index in [9.17, 15) is 9.59 Å². The van der Waals surface area contributed by atoms with Crippen molar-refractivity contribution in [3.8, 4) is 0 Å². The SMILES string of the molecule is C=CC(=O)Nc1ccc(C(C)CC(N)=O)cc1. The second kappa shape index (κ2) is 5.84. The highest BCUT2D eigenvalue weighted by molar-refractivity contribution is 5.98. The van der Waals surface area contributed by atoms with Crippen LogP contribution in [0.5, 0.6) is 0 Å². The Kier molecular flexibility index (Phi) is 4.46. The first-order valence-electron chi connectivity index (χ1n) is 5.34. The minimum Gasteiger partial charge on any atom is -0.370 e. The Morgan fingerprint density at radius 1 is 1.41 bits per heavy atom. The molecule has 1 rings (SSSR count). The first-order chi connectivity index (χ1) is 8.02. The Balaban J connectivity index is 2.70. The summed E-state index contributed by atoms with van der Waals surface area (Å²) in [5.41, 5.74) is 6.85. The molecule has 0 aromatic heterocycles. The van der Waals surface area contributed by atoms with Crippen molar-refractivity contribution in [1.82, 2.24) is 0 Å². The molecule has 0 aliphatic carbocycles. The van der Waals surface area contributed by atoms with Gasteiger partial charge in [-0.25, -0.2) is 0 Å². The number of amides is 2. The molecule has 4 heteroatoms. The van der Waals surface area contributed by atoms with E-state index in [0.29, 0.717) is 12.1 Å². The molecule has 1 atom stereocenters. The molecule has 0 fully saturated rings. The highest BCUT2D eigenvalue weighted by Crippen LogP contribution is 2.20. The summed E-state index contributed by atoms with van der Waals surface area (Å²) in [5.74, 6) is -0.485. The number of hydrogen-bond donors (Lipinski definition) is 2. The molecule has 0 heterocycles. The molecule has 0 saturated carbocycles. The molecule has 3 N–H and O–H groups in total. The molecule has 0 radical (unpaired) electrons. The molecular formula is C13H16N2O2. The molecule has 17 heavy (non-hydrogen) atoms. The standard InChI is InChI=1S/C13H16N2O2/c1-3-13(17)15-11-6-4-10(5-7-11)9(2)8-12(14)16/h3-7,9H,1,8H2,2H3,(H2,14,16)(H,15,17). The number of carbonyl (C=O) groups excluding carboxylic acids is 2. The number of hydrogen-bond acceptors (Lipinski definition) is 2. The van der Waals surface area contributed by atoms with Crippen LogP contribution in [-0.4, -0.2) is 11.8 Å². The van der Waals surface area contributed by atoms with E-state index >= 15 is 0 Å². The van der Waals surface area contributed by atoms with Crippen molar-refractivity contribution in [3.63, 3.8) is 0 Å². The summed E-state index contributed by atoms with van der Waals surface area (Å²) in [6, 6.07) is 7.31.